The van der Waals surface area contributed by atoms with Crippen molar-refractivity contribution in [1.29, 1.82) is 0 Å². The molecule has 0 aromatic carbocycles. The van der Waals surface area contributed by atoms with Gasteiger partial charge in [-0.1, -0.05) is 50.5 Å². The average molecular weight is 309 g/mol. The van der Waals surface area contributed by atoms with Crippen LogP contribution in [0.15, 0.2) is 24.3 Å². The summed E-state index contributed by atoms with van der Waals surface area (Å²) < 4.78 is 0. The molecule has 0 aliphatic rings. The fourth-order valence-electron chi connectivity index (χ4n) is 2.34. The lowest BCUT2D eigenvalue weighted by Crippen LogP contribution is -2.03. The van der Waals surface area contributed by atoms with Crippen molar-refractivity contribution < 1.29 is 9.90 Å². The highest BCUT2D eigenvalue weighted by Crippen LogP contribution is 2.08. The molecule has 2 heteroatoms. The molecule has 0 saturated heterocycles. The van der Waals surface area contributed by atoms with Crippen molar-refractivity contribution in [2.45, 2.75) is 97.0 Å². The summed E-state index contributed by atoms with van der Waals surface area (Å²) in [7, 11) is 0. The monoisotopic (exact) mass is 308 g/mol. The number of ketones is 1. The van der Waals surface area contributed by atoms with E-state index in [4.69, 9.17) is 0 Å². The molecule has 0 radical (unpaired) electrons. The number of Topliss-reactive ketones (excluding diaryl/α,β-unsaturated/α-hetero) is 1. The smallest absolute Gasteiger partial charge is 0.129 e. The summed E-state index contributed by atoms with van der Waals surface area (Å²) in [5.74, 6) is 0.308. The Labute approximate surface area is 137 Å². The Morgan fingerprint density at radius 3 is 2.05 bits per heavy atom. The van der Waals surface area contributed by atoms with Gasteiger partial charge in [-0.05, 0) is 58.3 Å². The van der Waals surface area contributed by atoms with Crippen LogP contribution in [0.4, 0.5) is 0 Å². The molecule has 0 fully saturated rings. The van der Waals surface area contributed by atoms with Crippen LogP contribution in [0.1, 0.15) is 90.9 Å². The molecule has 2 nitrogen and oxygen atoms in total. The lowest BCUT2D eigenvalue weighted by Gasteiger charge is -2.05. The van der Waals surface area contributed by atoms with Crippen LogP contribution in [0.5, 0.6) is 0 Å². The van der Waals surface area contributed by atoms with Crippen molar-refractivity contribution in [2.75, 3.05) is 0 Å². The third kappa shape index (κ3) is 17.2. The highest BCUT2D eigenvalue weighted by molar-refractivity contribution is 5.75. The summed E-state index contributed by atoms with van der Waals surface area (Å²) in [5.41, 5.74) is 0. The Kier molecular flexibility index (Phi) is 15.8. The summed E-state index contributed by atoms with van der Waals surface area (Å²) in [4.78, 5) is 10.8. The third-order valence-corrected chi connectivity index (χ3v) is 3.88. The zero-order valence-electron chi connectivity index (χ0n) is 14.7. The minimum Gasteiger partial charge on any atom is -0.393 e. The Bertz CT molecular complexity index is 305. The molecule has 0 aliphatic carbocycles. The van der Waals surface area contributed by atoms with E-state index in [9.17, 15) is 9.90 Å². The lowest BCUT2D eigenvalue weighted by atomic mass is 10.1. The number of hydrogen-bond donors (Lipinski definition) is 1. The van der Waals surface area contributed by atoms with Crippen LogP contribution in [0.2, 0.25) is 0 Å². The van der Waals surface area contributed by atoms with Crippen molar-refractivity contribution in [1.82, 2.24) is 0 Å². The summed E-state index contributed by atoms with van der Waals surface area (Å²) in [5, 5.41) is 9.44. The number of carbonyl (C=O) groups excluding carboxylic acids is 1. The minimum absolute atomic E-state index is 0.0943. The van der Waals surface area contributed by atoms with E-state index < -0.39 is 0 Å². The average Bonchev–Trinajstić information content (AvgIpc) is 2.50. The van der Waals surface area contributed by atoms with Gasteiger partial charge in [-0.2, -0.15) is 0 Å². The van der Waals surface area contributed by atoms with Gasteiger partial charge in [0.2, 0.25) is 0 Å². The van der Waals surface area contributed by atoms with Crippen molar-refractivity contribution >= 4 is 5.78 Å². The normalized spacial score (nSPS) is 13.2. The molecular formula is C20H36O2. The van der Waals surface area contributed by atoms with E-state index in [2.05, 4.69) is 24.3 Å². The van der Waals surface area contributed by atoms with Gasteiger partial charge in [0.1, 0.15) is 5.78 Å². The maximum Gasteiger partial charge on any atom is 0.129 e. The highest BCUT2D eigenvalue weighted by atomic mass is 16.3. The van der Waals surface area contributed by atoms with E-state index in [1.807, 2.05) is 6.92 Å². The summed E-state index contributed by atoms with van der Waals surface area (Å²) in [6.07, 6.45) is 21.8. The standard InChI is InChI=1S/C20H36O2/c1-3-20(22)18-16-14-12-10-8-6-4-5-7-9-11-13-15-17-19(2)21/h5-8,20,22H,3-4,9-18H2,1-2H3. The van der Waals surface area contributed by atoms with Crippen LogP contribution in [0.25, 0.3) is 0 Å². The Hall–Kier alpha value is -0.890. The van der Waals surface area contributed by atoms with E-state index in [-0.39, 0.29) is 6.10 Å². The molecule has 1 N–H and O–H groups in total. The van der Waals surface area contributed by atoms with Crippen molar-refractivity contribution in [3.63, 3.8) is 0 Å². The van der Waals surface area contributed by atoms with Crippen molar-refractivity contribution in [3.05, 3.63) is 24.3 Å². The predicted octanol–water partition coefficient (Wildman–Crippen LogP) is 5.75. The number of hydrogen-bond acceptors (Lipinski definition) is 2. The van der Waals surface area contributed by atoms with Crippen molar-refractivity contribution in [3.8, 4) is 0 Å². The molecule has 22 heavy (non-hydrogen) atoms. The molecular weight excluding hydrogens is 272 g/mol. The number of allylic oxidation sites excluding steroid dienone is 4. The van der Waals surface area contributed by atoms with Crippen LogP contribution >= 0.6 is 0 Å². The van der Waals surface area contributed by atoms with Gasteiger partial charge >= 0.3 is 0 Å². The first-order valence-corrected chi connectivity index (χ1v) is 9.14. The summed E-state index contributed by atoms with van der Waals surface area (Å²) in [6, 6.07) is 0. The molecule has 0 spiro atoms. The van der Waals surface area contributed by atoms with Crippen LogP contribution < -0.4 is 0 Å². The first-order chi connectivity index (χ1) is 10.7. The Morgan fingerprint density at radius 1 is 0.909 bits per heavy atom. The van der Waals surface area contributed by atoms with Gasteiger partial charge in [0.15, 0.2) is 0 Å². The number of aliphatic hydroxyl groups excluding tert-OH is 1. The van der Waals surface area contributed by atoms with Crippen LogP contribution in [-0.4, -0.2) is 17.0 Å². The van der Waals surface area contributed by atoms with Gasteiger partial charge in [0, 0.05) is 6.42 Å². The van der Waals surface area contributed by atoms with E-state index in [0.29, 0.717) is 5.78 Å². The van der Waals surface area contributed by atoms with Gasteiger partial charge in [-0.3, -0.25) is 0 Å². The molecule has 0 heterocycles. The largest absolute Gasteiger partial charge is 0.393 e. The molecule has 1 atom stereocenters. The second-order valence-electron chi connectivity index (χ2n) is 6.18. The topological polar surface area (TPSA) is 37.3 Å². The first kappa shape index (κ1) is 21.1. The second-order valence-corrected chi connectivity index (χ2v) is 6.18. The molecule has 0 saturated carbocycles. The molecule has 0 aromatic heterocycles. The molecule has 0 rings (SSSR count). The maximum absolute atomic E-state index is 10.8. The molecule has 0 aromatic rings. The van der Waals surface area contributed by atoms with Crippen LogP contribution in [-0.2, 0) is 4.79 Å². The van der Waals surface area contributed by atoms with Crippen molar-refractivity contribution in [2.24, 2.45) is 0 Å². The Morgan fingerprint density at radius 2 is 1.50 bits per heavy atom. The zero-order valence-corrected chi connectivity index (χ0v) is 14.7. The van der Waals surface area contributed by atoms with E-state index in [0.717, 1.165) is 57.8 Å². The summed E-state index contributed by atoms with van der Waals surface area (Å²) >= 11 is 0. The lowest BCUT2D eigenvalue weighted by molar-refractivity contribution is -0.117. The Balaban J connectivity index is 3.26. The van der Waals surface area contributed by atoms with Gasteiger partial charge in [-0.25, -0.2) is 0 Å². The minimum atomic E-state index is -0.0943. The molecule has 0 amide bonds. The molecule has 128 valence electrons. The quantitative estimate of drug-likeness (QED) is 0.309. The molecule has 0 aliphatic heterocycles. The van der Waals surface area contributed by atoms with Gasteiger partial charge < -0.3 is 9.90 Å². The number of unbranched alkanes of at least 4 members (excludes halogenated alkanes) is 6. The number of carbonyl (C=O) groups is 1. The fraction of sp³-hybridized carbons (Fsp3) is 0.750. The SMILES string of the molecule is CCC(O)CCCCCC=CCC=CCCCCCC(C)=O. The molecule has 1 unspecified atom stereocenters. The fourth-order valence-corrected chi connectivity index (χ4v) is 2.34. The van der Waals surface area contributed by atoms with Crippen LogP contribution in [0, 0.1) is 0 Å². The van der Waals surface area contributed by atoms with E-state index in [1.165, 1.54) is 19.3 Å². The molecule has 0 bridgehead atoms. The first-order valence-electron chi connectivity index (χ1n) is 9.14. The van der Waals surface area contributed by atoms with Gasteiger partial charge in [0.05, 0.1) is 6.10 Å². The zero-order chi connectivity index (χ0) is 16.5. The second kappa shape index (κ2) is 16.5. The highest BCUT2D eigenvalue weighted by Gasteiger charge is 1.98. The predicted molar refractivity (Wildman–Crippen MR) is 96.0 cm³/mol. The van der Waals surface area contributed by atoms with Gasteiger partial charge in [-0.15, -0.1) is 0 Å². The van der Waals surface area contributed by atoms with E-state index >= 15 is 0 Å². The maximum atomic E-state index is 10.8. The van der Waals surface area contributed by atoms with Crippen LogP contribution in [0.3, 0.4) is 0 Å². The number of aliphatic hydroxyl groups is 1. The number of rotatable bonds is 15. The van der Waals surface area contributed by atoms with Gasteiger partial charge in [0.25, 0.3) is 0 Å². The summed E-state index contributed by atoms with van der Waals surface area (Å²) in [6.45, 7) is 3.70. The third-order valence-electron chi connectivity index (χ3n) is 3.88. The van der Waals surface area contributed by atoms with E-state index in [1.54, 1.807) is 6.92 Å².